The summed E-state index contributed by atoms with van der Waals surface area (Å²) >= 11 is 0. The van der Waals surface area contributed by atoms with Crippen molar-refractivity contribution in [2.45, 2.75) is 52.9 Å². The van der Waals surface area contributed by atoms with E-state index < -0.39 is 0 Å². The number of hydrogen-bond acceptors (Lipinski definition) is 2. The van der Waals surface area contributed by atoms with Crippen LogP contribution in [0.3, 0.4) is 0 Å². The molecule has 1 heterocycles. The van der Waals surface area contributed by atoms with Gasteiger partial charge in [-0.15, -0.1) is 0 Å². The fourth-order valence-corrected chi connectivity index (χ4v) is 1.91. The third-order valence-corrected chi connectivity index (χ3v) is 2.58. The molecule has 1 rings (SSSR count). The van der Waals surface area contributed by atoms with Gasteiger partial charge in [-0.1, -0.05) is 20.8 Å². The van der Waals surface area contributed by atoms with Gasteiger partial charge >= 0.3 is 0 Å². The Hall–Kier alpha value is -0.0800. The van der Waals surface area contributed by atoms with Crippen molar-refractivity contribution in [2.24, 2.45) is 0 Å². The van der Waals surface area contributed by atoms with E-state index >= 15 is 0 Å². The third kappa shape index (κ3) is 10.2. The molecule has 0 radical (unpaired) electrons. The standard InChI is InChI=1S/C9H21N.C4H9N/c1-4-7-10(8-5-2)9-6-3;1-2-4-5-3-1/h4-9H2,1-3H3;5H,1-4H2. The molecule has 1 aliphatic rings. The van der Waals surface area contributed by atoms with E-state index in [0.29, 0.717) is 0 Å². The molecular formula is C13H30N2. The molecule has 0 aromatic carbocycles. The molecule has 0 saturated carbocycles. The van der Waals surface area contributed by atoms with Crippen LogP contribution in [0, 0.1) is 0 Å². The first-order chi connectivity index (χ1) is 7.35. The zero-order valence-electron chi connectivity index (χ0n) is 11.0. The van der Waals surface area contributed by atoms with Gasteiger partial charge in [-0.3, -0.25) is 0 Å². The molecule has 2 heteroatoms. The predicted octanol–water partition coefficient (Wildman–Crippen LogP) is 2.89. The zero-order chi connectivity index (χ0) is 11.4. The number of rotatable bonds is 6. The van der Waals surface area contributed by atoms with E-state index in [9.17, 15) is 0 Å². The summed E-state index contributed by atoms with van der Waals surface area (Å²) in [5.41, 5.74) is 0. The molecule has 1 aliphatic heterocycles. The highest BCUT2D eigenvalue weighted by molar-refractivity contribution is 4.55. The monoisotopic (exact) mass is 214 g/mol. The van der Waals surface area contributed by atoms with Gasteiger partial charge in [0.2, 0.25) is 0 Å². The van der Waals surface area contributed by atoms with Crippen LogP contribution < -0.4 is 5.32 Å². The molecule has 1 saturated heterocycles. The van der Waals surface area contributed by atoms with Crippen LogP contribution in [0.5, 0.6) is 0 Å². The second kappa shape index (κ2) is 12.0. The summed E-state index contributed by atoms with van der Waals surface area (Å²) < 4.78 is 0. The average molecular weight is 214 g/mol. The second-order valence-corrected chi connectivity index (χ2v) is 4.30. The molecule has 0 atom stereocenters. The number of hydrogen-bond donors (Lipinski definition) is 1. The van der Waals surface area contributed by atoms with Crippen LogP contribution >= 0.6 is 0 Å². The maximum Gasteiger partial charge on any atom is -0.00214 e. The Kier molecular flexibility index (Phi) is 11.9. The van der Waals surface area contributed by atoms with Crippen molar-refractivity contribution in [3.8, 4) is 0 Å². The van der Waals surface area contributed by atoms with Crippen LogP contribution in [-0.2, 0) is 0 Å². The molecule has 0 aliphatic carbocycles. The summed E-state index contributed by atoms with van der Waals surface area (Å²) in [6.45, 7) is 13.1. The van der Waals surface area contributed by atoms with Crippen LogP contribution in [0.1, 0.15) is 52.9 Å². The Morgan fingerprint density at radius 3 is 1.40 bits per heavy atom. The fourth-order valence-electron chi connectivity index (χ4n) is 1.91. The van der Waals surface area contributed by atoms with Gasteiger partial charge in [-0.05, 0) is 64.8 Å². The molecule has 0 unspecified atom stereocenters. The summed E-state index contributed by atoms with van der Waals surface area (Å²) in [5.74, 6) is 0. The van der Waals surface area contributed by atoms with Gasteiger partial charge in [0.15, 0.2) is 0 Å². The Balaban J connectivity index is 0.000000322. The molecule has 0 amide bonds. The Morgan fingerprint density at radius 1 is 0.800 bits per heavy atom. The van der Waals surface area contributed by atoms with Crippen molar-refractivity contribution in [2.75, 3.05) is 32.7 Å². The Morgan fingerprint density at radius 2 is 1.20 bits per heavy atom. The highest BCUT2D eigenvalue weighted by Crippen LogP contribution is 1.94. The van der Waals surface area contributed by atoms with Crippen molar-refractivity contribution in [3.63, 3.8) is 0 Å². The summed E-state index contributed by atoms with van der Waals surface area (Å²) in [6.07, 6.45) is 6.65. The molecule has 0 aromatic rings. The molecule has 0 aromatic heterocycles. The molecule has 0 bridgehead atoms. The van der Waals surface area contributed by atoms with E-state index in [1.807, 2.05) is 0 Å². The highest BCUT2D eigenvalue weighted by atomic mass is 15.1. The average Bonchev–Trinajstić information content (AvgIpc) is 2.77. The van der Waals surface area contributed by atoms with Crippen LogP contribution in [0.4, 0.5) is 0 Å². The first-order valence-electron chi connectivity index (χ1n) is 6.78. The summed E-state index contributed by atoms with van der Waals surface area (Å²) in [7, 11) is 0. The van der Waals surface area contributed by atoms with E-state index in [-0.39, 0.29) is 0 Å². The highest BCUT2D eigenvalue weighted by Gasteiger charge is 1.98. The lowest BCUT2D eigenvalue weighted by Gasteiger charge is -2.19. The van der Waals surface area contributed by atoms with Crippen molar-refractivity contribution in [1.29, 1.82) is 0 Å². The molecule has 92 valence electrons. The topological polar surface area (TPSA) is 15.3 Å². The summed E-state index contributed by atoms with van der Waals surface area (Å²) in [5, 5.41) is 3.22. The molecule has 15 heavy (non-hydrogen) atoms. The van der Waals surface area contributed by atoms with Crippen LogP contribution in [0.2, 0.25) is 0 Å². The van der Waals surface area contributed by atoms with Gasteiger partial charge in [-0.2, -0.15) is 0 Å². The molecule has 0 spiro atoms. The van der Waals surface area contributed by atoms with E-state index in [1.54, 1.807) is 0 Å². The smallest absolute Gasteiger partial charge is 0.00214 e. The van der Waals surface area contributed by atoms with Gasteiger partial charge in [-0.25, -0.2) is 0 Å². The van der Waals surface area contributed by atoms with Crippen LogP contribution in [0.15, 0.2) is 0 Å². The normalized spacial score (nSPS) is 15.2. The van der Waals surface area contributed by atoms with E-state index in [2.05, 4.69) is 31.0 Å². The minimum Gasteiger partial charge on any atom is -0.317 e. The SMILES string of the molecule is C1CCNC1.CCCN(CCC)CCC. The van der Waals surface area contributed by atoms with Crippen molar-refractivity contribution in [1.82, 2.24) is 10.2 Å². The van der Waals surface area contributed by atoms with Gasteiger partial charge < -0.3 is 10.2 Å². The minimum atomic E-state index is 1.25. The molecule has 1 N–H and O–H groups in total. The van der Waals surface area contributed by atoms with Gasteiger partial charge in [0.1, 0.15) is 0 Å². The van der Waals surface area contributed by atoms with Crippen molar-refractivity contribution >= 4 is 0 Å². The maximum absolute atomic E-state index is 3.22. The number of nitrogens with zero attached hydrogens (tertiary/aromatic N) is 1. The largest absolute Gasteiger partial charge is 0.317 e. The lowest BCUT2D eigenvalue weighted by atomic mass is 10.3. The summed E-state index contributed by atoms with van der Waals surface area (Å²) in [4.78, 5) is 2.54. The fraction of sp³-hybridized carbons (Fsp3) is 1.00. The zero-order valence-corrected chi connectivity index (χ0v) is 11.0. The quantitative estimate of drug-likeness (QED) is 0.731. The first-order valence-corrected chi connectivity index (χ1v) is 6.78. The van der Waals surface area contributed by atoms with Gasteiger partial charge in [0, 0.05) is 0 Å². The number of nitrogens with one attached hydrogen (secondary N) is 1. The Bertz CT molecular complexity index is 89.2. The lowest BCUT2D eigenvalue weighted by Crippen LogP contribution is -2.25. The molecule has 1 fully saturated rings. The second-order valence-electron chi connectivity index (χ2n) is 4.30. The molecule has 2 nitrogen and oxygen atoms in total. The van der Waals surface area contributed by atoms with Crippen molar-refractivity contribution in [3.05, 3.63) is 0 Å². The summed E-state index contributed by atoms with van der Waals surface area (Å²) in [6, 6.07) is 0. The van der Waals surface area contributed by atoms with Gasteiger partial charge in [0.05, 0.1) is 0 Å². The van der Waals surface area contributed by atoms with E-state index in [4.69, 9.17) is 0 Å². The maximum atomic E-state index is 3.22. The van der Waals surface area contributed by atoms with E-state index in [1.165, 1.54) is 64.8 Å². The Labute approximate surface area is 96.4 Å². The lowest BCUT2D eigenvalue weighted by molar-refractivity contribution is 0.275. The van der Waals surface area contributed by atoms with Crippen molar-refractivity contribution < 1.29 is 0 Å². The molecular weight excluding hydrogens is 184 g/mol. The first kappa shape index (κ1) is 14.9. The third-order valence-electron chi connectivity index (χ3n) is 2.58. The van der Waals surface area contributed by atoms with Gasteiger partial charge in [0.25, 0.3) is 0 Å². The minimum absolute atomic E-state index is 1.25. The van der Waals surface area contributed by atoms with Crippen LogP contribution in [-0.4, -0.2) is 37.6 Å². The van der Waals surface area contributed by atoms with E-state index in [0.717, 1.165) is 0 Å². The predicted molar refractivity (Wildman–Crippen MR) is 69.4 cm³/mol. The van der Waals surface area contributed by atoms with Crippen LogP contribution in [0.25, 0.3) is 0 Å².